The number of hydrogen-bond donors (Lipinski definition) is 0. The Bertz CT molecular complexity index is 547. The maximum Gasteiger partial charge on any atom is 0.263 e. The lowest BCUT2D eigenvalue weighted by Gasteiger charge is -2.21. The summed E-state index contributed by atoms with van der Waals surface area (Å²) in [6.45, 7) is 3.47. The number of ketones is 1. The molecule has 0 aromatic heterocycles. The van der Waals surface area contributed by atoms with Gasteiger partial charge in [0.15, 0.2) is 11.9 Å². The highest BCUT2D eigenvalue weighted by molar-refractivity contribution is 6.00. The van der Waals surface area contributed by atoms with Crippen molar-refractivity contribution in [2.75, 3.05) is 13.1 Å². The quantitative estimate of drug-likeness (QED) is 0.848. The lowest BCUT2D eigenvalue weighted by molar-refractivity contribution is -0.136. The third kappa shape index (κ3) is 2.42. The van der Waals surface area contributed by atoms with E-state index in [1.807, 2.05) is 17.0 Å². The Labute approximate surface area is 118 Å². The van der Waals surface area contributed by atoms with Crippen LogP contribution in [0.15, 0.2) is 18.2 Å². The summed E-state index contributed by atoms with van der Waals surface area (Å²) < 4.78 is 5.75. The molecule has 1 heterocycles. The Morgan fingerprint density at radius 3 is 2.75 bits per heavy atom. The lowest BCUT2D eigenvalue weighted by atomic mass is 10.1. The molecule has 2 aliphatic rings. The molecule has 1 fully saturated rings. The number of benzene rings is 1. The van der Waals surface area contributed by atoms with E-state index in [1.165, 1.54) is 0 Å². The van der Waals surface area contributed by atoms with Crippen LogP contribution in [0.1, 0.15) is 42.1 Å². The monoisotopic (exact) mass is 273 g/mol. The third-order valence-electron chi connectivity index (χ3n) is 4.08. The van der Waals surface area contributed by atoms with Gasteiger partial charge in [-0.3, -0.25) is 9.59 Å². The van der Waals surface area contributed by atoms with Crippen LogP contribution in [0.4, 0.5) is 0 Å². The summed E-state index contributed by atoms with van der Waals surface area (Å²) in [6, 6.07) is 5.50. The molecule has 1 aromatic carbocycles. The smallest absolute Gasteiger partial charge is 0.263 e. The average Bonchev–Trinajstić information content (AvgIpc) is 3.08. The number of nitrogens with zero attached hydrogens (tertiary/aromatic N) is 1. The molecule has 4 nitrogen and oxygen atoms in total. The zero-order valence-electron chi connectivity index (χ0n) is 11.7. The van der Waals surface area contributed by atoms with Crippen LogP contribution in [0.3, 0.4) is 0 Å². The van der Waals surface area contributed by atoms with Crippen molar-refractivity contribution in [3.63, 3.8) is 0 Å². The van der Waals surface area contributed by atoms with Gasteiger partial charge in [-0.1, -0.05) is 0 Å². The van der Waals surface area contributed by atoms with E-state index in [-0.39, 0.29) is 11.7 Å². The Balaban J connectivity index is 1.68. The summed E-state index contributed by atoms with van der Waals surface area (Å²) in [5.41, 5.74) is 1.84. The molecule has 1 unspecified atom stereocenters. The first-order chi connectivity index (χ1) is 9.65. The largest absolute Gasteiger partial charge is 0.481 e. The fourth-order valence-electron chi connectivity index (χ4n) is 2.95. The standard InChI is InChI=1S/C16H19NO3/c1-11(16(19)17-8-2-3-9-17)20-13-5-6-14-12(10-13)4-7-15(14)18/h5-6,10-11H,2-4,7-9H2,1H3. The van der Waals surface area contributed by atoms with Crippen LogP contribution in [-0.2, 0) is 11.2 Å². The fraction of sp³-hybridized carbons (Fsp3) is 0.500. The molecule has 0 bridgehead atoms. The van der Waals surface area contributed by atoms with E-state index >= 15 is 0 Å². The molecule has 3 rings (SSSR count). The fourth-order valence-corrected chi connectivity index (χ4v) is 2.95. The number of rotatable bonds is 3. The van der Waals surface area contributed by atoms with Crippen LogP contribution in [0.2, 0.25) is 0 Å². The van der Waals surface area contributed by atoms with E-state index in [4.69, 9.17) is 4.74 Å². The molecule has 1 aliphatic heterocycles. The molecule has 0 spiro atoms. The van der Waals surface area contributed by atoms with Gasteiger partial charge >= 0.3 is 0 Å². The highest BCUT2D eigenvalue weighted by atomic mass is 16.5. The molecule has 4 heteroatoms. The molecule has 1 atom stereocenters. The predicted octanol–water partition coefficient (Wildman–Crippen LogP) is 2.21. The number of carbonyl (C=O) groups is 2. The molecule has 20 heavy (non-hydrogen) atoms. The minimum Gasteiger partial charge on any atom is -0.481 e. The van der Waals surface area contributed by atoms with Gasteiger partial charge in [0.05, 0.1) is 0 Å². The van der Waals surface area contributed by atoms with Gasteiger partial charge in [-0.25, -0.2) is 0 Å². The number of carbonyl (C=O) groups excluding carboxylic acids is 2. The van der Waals surface area contributed by atoms with E-state index in [2.05, 4.69) is 0 Å². The number of aryl methyl sites for hydroxylation is 1. The second-order valence-corrected chi connectivity index (χ2v) is 5.53. The van der Waals surface area contributed by atoms with Gasteiger partial charge in [-0.05, 0) is 49.9 Å². The van der Waals surface area contributed by atoms with Crippen molar-refractivity contribution in [3.05, 3.63) is 29.3 Å². The molecular formula is C16H19NO3. The SMILES string of the molecule is CC(Oc1ccc2c(c1)CCC2=O)C(=O)N1CCCC1. The molecule has 0 N–H and O–H groups in total. The van der Waals surface area contributed by atoms with Crippen LogP contribution >= 0.6 is 0 Å². The van der Waals surface area contributed by atoms with Crippen LogP contribution < -0.4 is 4.74 Å². The summed E-state index contributed by atoms with van der Waals surface area (Å²) in [4.78, 5) is 25.6. The number of likely N-dealkylation sites (tertiary alicyclic amines) is 1. The van der Waals surface area contributed by atoms with Gasteiger partial charge in [0.2, 0.25) is 0 Å². The zero-order valence-corrected chi connectivity index (χ0v) is 11.7. The van der Waals surface area contributed by atoms with Crippen molar-refractivity contribution >= 4 is 11.7 Å². The van der Waals surface area contributed by atoms with Crippen LogP contribution in [-0.4, -0.2) is 35.8 Å². The first-order valence-corrected chi connectivity index (χ1v) is 7.27. The van der Waals surface area contributed by atoms with Crippen LogP contribution in [0.5, 0.6) is 5.75 Å². The van der Waals surface area contributed by atoms with Crippen molar-refractivity contribution in [1.82, 2.24) is 4.90 Å². The summed E-state index contributed by atoms with van der Waals surface area (Å²) in [5, 5.41) is 0. The molecule has 1 aromatic rings. The average molecular weight is 273 g/mol. The van der Waals surface area contributed by atoms with E-state index in [0.717, 1.165) is 43.5 Å². The van der Waals surface area contributed by atoms with Crippen molar-refractivity contribution in [2.45, 2.75) is 38.7 Å². The molecular weight excluding hydrogens is 254 g/mol. The van der Waals surface area contributed by atoms with Gasteiger partial charge in [0, 0.05) is 25.1 Å². The van der Waals surface area contributed by atoms with Gasteiger partial charge in [0.25, 0.3) is 5.91 Å². The molecule has 0 saturated carbocycles. The molecule has 106 valence electrons. The first kappa shape index (κ1) is 13.2. The third-order valence-corrected chi connectivity index (χ3v) is 4.08. The normalized spacial score (nSPS) is 19.1. The highest BCUT2D eigenvalue weighted by Gasteiger charge is 2.25. The van der Waals surface area contributed by atoms with E-state index in [9.17, 15) is 9.59 Å². The molecule has 1 amide bonds. The van der Waals surface area contributed by atoms with Gasteiger partial charge in [-0.2, -0.15) is 0 Å². The summed E-state index contributed by atoms with van der Waals surface area (Å²) >= 11 is 0. The summed E-state index contributed by atoms with van der Waals surface area (Å²) in [7, 11) is 0. The first-order valence-electron chi connectivity index (χ1n) is 7.27. The maximum atomic E-state index is 12.2. The molecule has 1 aliphatic carbocycles. The summed E-state index contributed by atoms with van der Waals surface area (Å²) in [5.74, 6) is 0.935. The number of ether oxygens (including phenoxy) is 1. The number of amides is 1. The van der Waals surface area contributed by atoms with Gasteiger partial charge in [-0.15, -0.1) is 0 Å². The topological polar surface area (TPSA) is 46.6 Å². The van der Waals surface area contributed by atoms with Gasteiger partial charge < -0.3 is 9.64 Å². The van der Waals surface area contributed by atoms with Crippen molar-refractivity contribution in [3.8, 4) is 5.75 Å². The Hall–Kier alpha value is -1.84. The Kier molecular flexibility index (Phi) is 3.47. The van der Waals surface area contributed by atoms with E-state index < -0.39 is 6.10 Å². The van der Waals surface area contributed by atoms with Gasteiger partial charge in [0.1, 0.15) is 5.75 Å². The van der Waals surface area contributed by atoms with E-state index in [1.54, 1.807) is 13.0 Å². The Morgan fingerprint density at radius 1 is 1.25 bits per heavy atom. The molecule has 1 saturated heterocycles. The minimum absolute atomic E-state index is 0.0547. The summed E-state index contributed by atoms with van der Waals surface area (Å²) in [6.07, 6.45) is 3.06. The predicted molar refractivity (Wildman–Crippen MR) is 75.0 cm³/mol. The van der Waals surface area contributed by atoms with E-state index in [0.29, 0.717) is 12.2 Å². The van der Waals surface area contributed by atoms with Crippen molar-refractivity contribution in [1.29, 1.82) is 0 Å². The second-order valence-electron chi connectivity index (χ2n) is 5.53. The lowest BCUT2D eigenvalue weighted by Crippen LogP contribution is -2.38. The zero-order chi connectivity index (χ0) is 14.1. The van der Waals surface area contributed by atoms with Crippen molar-refractivity contribution < 1.29 is 14.3 Å². The second kappa shape index (κ2) is 5.27. The van der Waals surface area contributed by atoms with Crippen LogP contribution in [0, 0.1) is 0 Å². The Morgan fingerprint density at radius 2 is 2.00 bits per heavy atom. The molecule has 0 radical (unpaired) electrons. The minimum atomic E-state index is -0.469. The number of Topliss-reactive ketones (excluding diaryl/α,β-unsaturated/α-hetero) is 1. The van der Waals surface area contributed by atoms with Crippen molar-refractivity contribution in [2.24, 2.45) is 0 Å². The van der Waals surface area contributed by atoms with Crippen LogP contribution in [0.25, 0.3) is 0 Å². The number of hydrogen-bond acceptors (Lipinski definition) is 3. The maximum absolute atomic E-state index is 12.2. The number of fused-ring (bicyclic) bond motifs is 1. The highest BCUT2D eigenvalue weighted by Crippen LogP contribution is 2.26.